The van der Waals surface area contributed by atoms with Crippen molar-refractivity contribution in [1.29, 1.82) is 0 Å². The van der Waals surface area contributed by atoms with Gasteiger partial charge in [-0.3, -0.25) is 4.98 Å². The van der Waals surface area contributed by atoms with Crippen LogP contribution in [0, 0.1) is 5.82 Å². The molecule has 0 bridgehead atoms. The Balaban J connectivity index is 2.07. The molecule has 17 heavy (non-hydrogen) atoms. The van der Waals surface area contributed by atoms with E-state index >= 15 is 0 Å². The van der Waals surface area contributed by atoms with E-state index in [0.29, 0.717) is 6.54 Å². The quantitative estimate of drug-likeness (QED) is 0.880. The maximum atomic E-state index is 13.0. The van der Waals surface area contributed by atoms with E-state index < -0.39 is 0 Å². The van der Waals surface area contributed by atoms with E-state index in [-0.39, 0.29) is 5.82 Å². The minimum Gasteiger partial charge on any atom is -0.378 e. The fourth-order valence-corrected chi connectivity index (χ4v) is 1.95. The van der Waals surface area contributed by atoms with Gasteiger partial charge in [-0.25, -0.2) is 4.39 Å². The summed E-state index contributed by atoms with van der Waals surface area (Å²) in [5, 5.41) is 3.12. The number of aromatic nitrogens is 1. The SMILES string of the molecule is Fc1ccc(Br)c(NCc2ccc(Br)cn2)c1. The van der Waals surface area contributed by atoms with Crippen molar-refractivity contribution in [1.82, 2.24) is 4.98 Å². The number of halogens is 3. The Morgan fingerprint density at radius 1 is 1.18 bits per heavy atom. The largest absolute Gasteiger partial charge is 0.378 e. The molecule has 0 radical (unpaired) electrons. The zero-order valence-electron chi connectivity index (χ0n) is 8.75. The van der Waals surface area contributed by atoms with Gasteiger partial charge in [-0.2, -0.15) is 0 Å². The van der Waals surface area contributed by atoms with Crippen molar-refractivity contribution in [2.24, 2.45) is 0 Å². The maximum absolute atomic E-state index is 13.0. The number of anilines is 1. The first kappa shape index (κ1) is 12.5. The highest BCUT2D eigenvalue weighted by Crippen LogP contribution is 2.23. The Morgan fingerprint density at radius 2 is 2.00 bits per heavy atom. The lowest BCUT2D eigenvalue weighted by molar-refractivity contribution is 0.628. The van der Waals surface area contributed by atoms with Crippen molar-refractivity contribution in [3.8, 4) is 0 Å². The predicted molar refractivity (Wildman–Crippen MR) is 73.4 cm³/mol. The van der Waals surface area contributed by atoms with Crippen LogP contribution in [-0.2, 0) is 6.54 Å². The van der Waals surface area contributed by atoms with Crippen molar-refractivity contribution < 1.29 is 4.39 Å². The second-order valence-electron chi connectivity index (χ2n) is 3.45. The summed E-state index contributed by atoms with van der Waals surface area (Å²) < 4.78 is 14.8. The third kappa shape index (κ3) is 3.51. The van der Waals surface area contributed by atoms with Gasteiger partial charge in [0.2, 0.25) is 0 Å². The van der Waals surface area contributed by atoms with E-state index in [2.05, 4.69) is 42.2 Å². The molecular formula is C12H9Br2FN2. The van der Waals surface area contributed by atoms with Crippen LogP contribution < -0.4 is 5.32 Å². The van der Waals surface area contributed by atoms with Gasteiger partial charge in [0.25, 0.3) is 0 Å². The molecule has 88 valence electrons. The van der Waals surface area contributed by atoms with Crippen LogP contribution in [0.2, 0.25) is 0 Å². The topological polar surface area (TPSA) is 24.9 Å². The second kappa shape index (κ2) is 5.60. The van der Waals surface area contributed by atoms with Crippen LogP contribution in [0.15, 0.2) is 45.5 Å². The Bertz CT molecular complexity index is 514. The standard InChI is InChI=1S/C12H9Br2FN2/c13-8-1-3-10(16-6-8)7-17-12-5-9(15)2-4-11(12)14/h1-6,17H,7H2. The van der Waals surface area contributed by atoms with Crippen molar-refractivity contribution in [3.05, 3.63) is 57.0 Å². The van der Waals surface area contributed by atoms with Gasteiger partial charge in [-0.05, 0) is 62.2 Å². The fourth-order valence-electron chi connectivity index (χ4n) is 1.33. The van der Waals surface area contributed by atoms with Gasteiger partial charge in [-0.15, -0.1) is 0 Å². The second-order valence-corrected chi connectivity index (χ2v) is 5.22. The summed E-state index contributed by atoms with van der Waals surface area (Å²) in [7, 11) is 0. The molecule has 0 amide bonds. The molecule has 0 spiro atoms. The van der Waals surface area contributed by atoms with Crippen LogP contribution >= 0.6 is 31.9 Å². The number of benzene rings is 1. The highest BCUT2D eigenvalue weighted by atomic mass is 79.9. The van der Waals surface area contributed by atoms with Crippen molar-refractivity contribution in [3.63, 3.8) is 0 Å². The first-order valence-corrected chi connectivity index (χ1v) is 6.53. The molecule has 0 unspecified atom stereocenters. The van der Waals surface area contributed by atoms with Crippen LogP contribution in [0.4, 0.5) is 10.1 Å². The molecule has 0 saturated carbocycles. The van der Waals surface area contributed by atoms with E-state index in [9.17, 15) is 4.39 Å². The van der Waals surface area contributed by atoms with Crippen molar-refractivity contribution in [2.75, 3.05) is 5.32 Å². The molecule has 2 nitrogen and oxygen atoms in total. The van der Waals surface area contributed by atoms with Gasteiger partial charge in [0, 0.05) is 15.1 Å². The normalized spacial score (nSPS) is 10.3. The summed E-state index contributed by atoms with van der Waals surface area (Å²) in [5.41, 5.74) is 1.61. The third-order valence-electron chi connectivity index (χ3n) is 2.18. The van der Waals surface area contributed by atoms with E-state index in [4.69, 9.17) is 0 Å². The number of nitrogens with zero attached hydrogens (tertiary/aromatic N) is 1. The number of nitrogens with one attached hydrogen (secondary N) is 1. The molecule has 1 N–H and O–H groups in total. The first-order chi connectivity index (χ1) is 8.15. The number of hydrogen-bond donors (Lipinski definition) is 1. The minimum atomic E-state index is -0.264. The first-order valence-electron chi connectivity index (χ1n) is 4.94. The lowest BCUT2D eigenvalue weighted by Gasteiger charge is -2.08. The Hall–Kier alpha value is -0.940. The molecule has 1 aromatic heterocycles. The number of rotatable bonds is 3. The molecule has 0 aliphatic heterocycles. The van der Waals surface area contributed by atoms with Gasteiger partial charge in [0.05, 0.1) is 17.9 Å². The zero-order chi connectivity index (χ0) is 12.3. The van der Waals surface area contributed by atoms with Crippen LogP contribution in [0.3, 0.4) is 0 Å². The van der Waals surface area contributed by atoms with Crippen molar-refractivity contribution in [2.45, 2.75) is 6.54 Å². The number of hydrogen-bond acceptors (Lipinski definition) is 2. The Morgan fingerprint density at radius 3 is 2.71 bits per heavy atom. The summed E-state index contributed by atoms with van der Waals surface area (Å²) in [4.78, 5) is 4.23. The molecule has 1 heterocycles. The molecule has 0 aliphatic rings. The lowest BCUT2D eigenvalue weighted by Crippen LogP contribution is -2.02. The Labute approximate surface area is 116 Å². The summed E-state index contributed by atoms with van der Waals surface area (Å²) >= 11 is 6.68. The number of pyridine rings is 1. The van der Waals surface area contributed by atoms with Crippen LogP contribution in [0.1, 0.15) is 5.69 Å². The van der Waals surface area contributed by atoms with Crippen molar-refractivity contribution >= 4 is 37.5 Å². The van der Waals surface area contributed by atoms with E-state index in [0.717, 1.165) is 20.3 Å². The molecule has 0 atom stereocenters. The van der Waals surface area contributed by atoms with Crippen LogP contribution in [0.5, 0.6) is 0 Å². The van der Waals surface area contributed by atoms with Crippen LogP contribution in [0.25, 0.3) is 0 Å². The Kier molecular flexibility index (Phi) is 4.12. The predicted octanol–water partition coefficient (Wildman–Crippen LogP) is 4.36. The van der Waals surface area contributed by atoms with Gasteiger partial charge in [0.15, 0.2) is 0 Å². The monoisotopic (exact) mass is 358 g/mol. The van der Waals surface area contributed by atoms with E-state index in [1.54, 1.807) is 12.3 Å². The molecule has 0 saturated heterocycles. The lowest BCUT2D eigenvalue weighted by atomic mass is 10.3. The molecule has 2 rings (SSSR count). The van der Waals surface area contributed by atoms with E-state index in [1.807, 2.05) is 12.1 Å². The summed E-state index contributed by atoms with van der Waals surface area (Å²) in [6, 6.07) is 8.36. The van der Waals surface area contributed by atoms with E-state index in [1.165, 1.54) is 12.1 Å². The summed E-state index contributed by atoms with van der Waals surface area (Å²) in [6.45, 7) is 0.551. The minimum absolute atomic E-state index is 0.264. The average molecular weight is 360 g/mol. The summed E-state index contributed by atoms with van der Waals surface area (Å²) in [6.07, 6.45) is 1.73. The van der Waals surface area contributed by atoms with Gasteiger partial charge in [-0.1, -0.05) is 0 Å². The van der Waals surface area contributed by atoms with Gasteiger partial charge in [0.1, 0.15) is 5.82 Å². The molecule has 5 heteroatoms. The maximum Gasteiger partial charge on any atom is 0.125 e. The molecular weight excluding hydrogens is 351 g/mol. The molecule has 0 aliphatic carbocycles. The van der Waals surface area contributed by atoms with Gasteiger partial charge < -0.3 is 5.32 Å². The fraction of sp³-hybridized carbons (Fsp3) is 0.0833. The third-order valence-corrected chi connectivity index (χ3v) is 3.34. The van der Waals surface area contributed by atoms with Gasteiger partial charge >= 0.3 is 0 Å². The molecule has 0 fully saturated rings. The smallest absolute Gasteiger partial charge is 0.125 e. The molecule has 2 aromatic rings. The molecule has 1 aromatic carbocycles. The summed E-state index contributed by atoms with van der Waals surface area (Å²) in [5.74, 6) is -0.264. The van der Waals surface area contributed by atoms with Crippen LogP contribution in [-0.4, -0.2) is 4.98 Å². The highest BCUT2D eigenvalue weighted by molar-refractivity contribution is 9.10. The highest BCUT2D eigenvalue weighted by Gasteiger charge is 2.02. The average Bonchev–Trinajstić information content (AvgIpc) is 2.32. The zero-order valence-corrected chi connectivity index (χ0v) is 11.9.